The number of fused-ring (bicyclic) bond motifs is 1. The first kappa shape index (κ1) is 15.1. The fraction of sp³-hybridized carbons (Fsp3) is 0.214. The van der Waals surface area contributed by atoms with Crippen molar-refractivity contribution in [2.24, 2.45) is 0 Å². The third-order valence-electron chi connectivity index (χ3n) is 3.41. The van der Waals surface area contributed by atoms with Gasteiger partial charge >= 0.3 is 5.69 Å². The zero-order chi connectivity index (χ0) is 16.4. The number of aromatic nitrogens is 7. The Labute approximate surface area is 144 Å². The van der Waals surface area contributed by atoms with E-state index in [2.05, 4.69) is 26.7 Å². The molecule has 0 saturated heterocycles. The van der Waals surface area contributed by atoms with Gasteiger partial charge in [0.2, 0.25) is 5.16 Å². The van der Waals surface area contributed by atoms with Gasteiger partial charge in [-0.15, -0.1) is 21.5 Å². The fourth-order valence-electron chi connectivity index (χ4n) is 2.29. The van der Waals surface area contributed by atoms with Gasteiger partial charge in [-0.25, -0.2) is 14.2 Å². The Bertz CT molecular complexity index is 1000. The molecule has 0 fully saturated rings. The quantitative estimate of drug-likeness (QED) is 0.484. The molecule has 8 nitrogen and oxygen atoms in total. The molecule has 0 aliphatic heterocycles. The van der Waals surface area contributed by atoms with Crippen LogP contribution in [-0.2, 0) is 13.1 Å². The molecular formula is C14H13N7OS2. The van der Waals surface area contributed by atoms with Crippen molar-refractivity contribution >= 4 is 28.7 Å². The molecule has 4 rings (SSSR count). The summed E-state index contributed by atoms with van der Waals surface area (Å²) in [7, 11) is 0. The minimum atomic E-state index is -0.135. The number of pyridine rings is 1. The molecule has 0 atom stereocenters. The molecule has 10 heteroatoms. The van der Waals surface area contributed by atoms with E-state index in [1.807, 2.05) is 29.6 Å². The third-order valence-corrected chi connectivity index (χ3v) is 5.21. The topological polar surface area (TPSA) is 82.9 Å². The van der Waals surface area contributed by atoms with Crippen molar-refractivity contribution in [3.05, 3.63) is 57.3 Å². The number of tetrazole rings is 1. The van der Waals surface area contributed by atoms with Gasteiger partial charge in [0.15, 0.2) is 5.65 Å². The lowest BCUT2D eigenvalue weighted by Gasteiger charge is -2.02. The van der Waals surface area contributed by atoms with Gasteiger partial charge in [-0.3, -0.25) is 4.40 Å². The molecule has 0 unspecified atom stereocenters. The van der Waals surface area contributed by atoms with Crippen LogP contribution in [0, 0.1) is 0 Å². The average molecular weight is 359 g/mol. The second kappa shape index (κ2) is 6.57. The minimum absolute atomic E-state index is 0.135. The smallest absolute Gasteiger partial charge is 0.250 e. The number of nitrogens with zero attached hydrogens (tertiary/aromatic N) is 7. The zero-order valence-electron chi connectivity index (χ0n) is 12.5. The van der Waals surface area contributed by atoms with Gasteiger partial charge in [0, 0.05) is 16.8 Å². The summed E-state index contributed by atoms with van der Waals surface area (Å²) in [5, 5.41) is 18.9. The van der Waals surface area contributed by atoms with E-state index in [-0.39, 0.29) is 5.69 Å². The van der Waals surface area contributed by atoms with Crippen LogP contribution in [0.15, 0.2) is 51.9 Å². The Morgan fingerprint density at radius 2 is 2.12 bits per heavy atom. The number of hydrogen-bond donors (Lipinski definition) is 0. The van der Waals surface area contributed by atoms with E-state index in [1.54, 1.807) is 22.2 Å². The summed E-state index contributed by atoms with van der Waals surface area (Å²) in [6, 6.07) is 9.55. The highest BCUT2D eigenvalue weighted by Gasteiger charge is 2.10. The number of hydrogen-bond acceptors (Lipinski definition) is 7. The van der Waals surface area contributed by atoms with Crippen molar-refractivity contribution in [1.29, 1.82) is 0 Å². The lowest BCUT2D eigenvalue weighted by Crippen LogP contribution is -2.22. The highest BCUT2D eigenvalue weighted by molar-refractivity contribution is 7.99. The van der Waals surface area contributed by atoms with Crippen molar-refractivity contribution in [2.45, 2.75) is 18.2 Å². The van der Waals surface area contributed by atoms with E-state index < -0.39 is 0 Å². The van der Waals surface area contributed by atoms with E-state index in [0.717, 1.165) is 5.16 Å². The standard InChI is InChI=1S/C14H13N7OS2/c22-14-19-6-2-1-5-12(19)16-20(14)7-9-24-13-15-17-18-21(13)10-11-4-3-8-23-11/h1-6,8H,7,9-10H2. The van der Waals surface area contributed by atoms with Gasteiger partial charge in [-0.05, 0) is 34.0 Å². The van der Waals surface area contributed by atoms with Gasteiger partial charge in [-0.2, -0.15) is 0 Å². The third kappa shape index (κ3) is 2.97. The molecule has 0 amide bonds. The molecular weight excluding hydrogens is 346 g/mol. The lowest BCUT2D eigenvalue weighted by atomic mass is 10.5. The fourth-order valence-corrected chi connectivity index (χ4v) is 3.76. The van der Waals surface area contributed by atoms with Crippen molar-refractivity contribution in [3.8, 4) is 0 Å². The van der Waals surface area contributed by atoms with Crippen LogP contribution >= 0.6 is 23.1 Å². The number of thiophene rings is 1. The van der Waals surface area contributed by atoms with Crippen LogP contribution in [0.3, 0.4) is 0 Å². The molecule has 0 aliphatic rings. The molecule has 4 aromatic rings. The molecule has 0 bridgehead atoms. The maximum Gasteiger partial charge on any atom is 0.350 e. The monoisotopic (exact) mass is 359 g/mol. The molecule has 0 radical (unpaired) electrons. The van der Waals surface area contributed by atoms with E-state index in [9.17, 15) is 4.79 Å². The summed E-state index contributed by atoms with van der Waals surface area (Å²) in [5.41, 5.74) is 0.513. The average Bonchev–Trinajstić information content (AvgIpc) is 3.32. The summed E-state index contributed by atoms with van der Waals surface area (Å²) < 4.78 is 4.77. The summed E-state index contributed by atoms with van der Waals surface area (Å²) in [6.45, 7) is 1.15. The number of rotatable bonds is 6. The molecule has 0 saturated carbocycles. The van der Waals surface area contributed by atoms with Crippen LogP contribution < -0.4 is 5.69 Å². The van der Waals surface area contributed by atoms with Crippen LogP contribution in [0.2, 0.25) is 0 Å². The Kier molecular flexibility index (Phi) is 4.13. The van der Waals surface area contributed by atoms with Crippen LogP contribution in [0.25, 0.3) is 5.65 Å². The largest absolute Gasteiger partial charge is 0.350 e. The molecule has 122 valence electrons. The molecule has 4 heterocycles. The Morgan fingerprint density at radius 3 is 2.96 bits per heavy atom. The van der Waals surface area contributed by atoms with E-state index in [1.165, 1.54) is 25.7 Å². The van der Waals surface area contributed by atoms with E-state index >= 15 is 0 Å². The Hall–Kier alpha value is -2.46. The second-order valence-electron chi connectivity index (χ2n) is 4.98. The SMILES string of the molecule is O=c1n(CCSc2nnnn2Cc2cccs2)nc2ccccn12. The first-order valence-corrected chi connectivity index (χ1v) is 9.13. The van der Waals surface area contributed by atoms with Crippen molar-refractivity contribution in [1.82, 2.24) is 34.4 Å². The predicted molar refractivity (Wildman–Crippen MR) is 91.4 cm³/mol. The lowest BCUT2D eigenvalue weighted by molar-refractivity contribution is 0.605. The molecule has 24 heavy (non-hydrogen) atoms. The summed E-state index contributed by atoms with van der Waals surface area (Å²) >= 11 is 3.18. The first-order chi connectivity index (χ1) is 11.8. The van der Waals surface area contributed by atoms with Gasteiger partial charge in [0.05, 0.1) is 13.1 Å². The zero-order valence-corrected chi connectivity index (χ0v) is 14.2. The van der Waals surface area contributed by atoms with Crippen molar-refractivity contribution < 1.29 is 0 Å². The minimum Gasteiger partial charge on any atom is -0.250 e. The van der Waals surface area contributed by atoms with Crippen molar-refractivity contribution in [2.75, 3.05) is 5.75 Å². The van der Waals surface area contributed by atoms with Gasteiger partial charge in [-0.1, -0.05) is 23.9 Å². The Morgan fingerprint density at radius 1 is 1.17 bits per heavy atom. The van der Waals surface area contributed by atoms with Gasteiger partial charge < -0.3 is 0 Å². The normalized spacial score (nSPS) is 11.3. The summed E-state index contributed by atoms with van der Waals surface area (Å²) in [4.78, 5) is 13.4. The summed E-state index contributed by atoms with van der Waals surface area (Å²) in [6.07, 6.45) is 1.72. The van der Waals surface area contributed by atoms with E-state index in [0.29, 0.717) is 24.5 Å². The summed E-state index contributed by atoms with van der Waals surface area (Å²) in [5.74, 6) is 0.661. The van der Waals surface area contributed by atoms with Gasteiger partial charge in [0.25, 0.3) is 0 Å². The van der Waals surface area contributed by atoms with Crippen LogP contribution in [0.4, 0.5) is 0 Å². The van der Waals surface area contributed by atoms with Crippen LogP contribution in [0.1, 0.15) is 4.88 Å². The molecule has 0 N–H and O–H groups in total. The maximum absolute atomic E-state index is 12.2. The van der Waals surface area contributed by atoms with E-state index in [4.69, 9.17) is 0 Å². The second-order valence-corrected chi connectivity index (χ2v) is 7.08. The molecule has 0 aromatic carbocycles. The molecule has 0 spiro atoms. The number of aryl methyl sites for hydroxylation is 1. The number of thioether (sulfide) groups is 1. The first-order valence-electron chi connectivity index (χ1n) is 7.27. The molecule has 4 aromatic heterocycles. The Balaban J connectivity index is 1.43. The van der Waals surface area contributed by atoms with Crippen LogP contribution in [0.5, 0.6) is 0 Å². The maximum atomic E-state index is 12.2. The molecule has 0 aliphatic carbocycles. The van der Waals surface area contributed by atoms with Gasteiger partial charge in [0.1, 0.15) is 0 Å². The predicted octanol–water partition coefficient (Wildman–Crippen LogP) is 1.38. The highest BCUT2D eigenvalue weighted by atomic mass is 32.2. The van der Waals surface area contributed by atoms with Crippen LogP contribution in [-0.4, -0.2) is 40.1 Å². The highest BCUT2D eigenvalue weighted by Crippen LogP contribution is 2.17. The van der Waals surface area contributed by atoms with Crippen molar-refractivity contribution in [3.63, 3.8) is 0 Å².